The first kappa shape index (κ1) is 14.4. The van der Waals surface area contributed by atoms with Crippen LogP contribution in [0.15, 0.2) is 24.3 Å². The number of nitrogens with one attached hydrogen (secondary N) is 1. The van der Waals surface area contributed by atoms with Crippen molar-refractivity contribution >= 4 is 11.6 Å². The molecule has 2 atom stereocenters. The fourth-order valence-corrected chi connectivity index (χ4v) is 3.75. The lowest BCUT2D eigenvalue weighted by atomic mass is 9.85. The van der Waals surface area contributed by atoms with Crippen molar-refractivity contribution in [2.45, 2.75) is 57.4 Å². The van der Waals surface area contributed by atoms with Gasteiger partial charge in [0.05, 0.1) is 0 Å². The molecule has 3 rings (SSSR count). The summed E-state index contributed by atoms with van der Waals surface area (Å²) in [4.78, 5) is 12.1. The van der Waals surface area contributed by atoms with Gasteiger partial charge in [-0.1, -0.05) is 50.3 Å². The Bertz CT molecular complexity index is 494. The van der Waals surface area contributed by atoms with Crippen LogP contribution in [0, 0.1) is 11.8 Å². The molecule has 0 spiro atoms. The summed E-state index contributed by atoms with van der Waals surface area (Å²) in [5.41, 5.74) is 7.77. The lowest BCUT2D eigenvalue weighted by molar-refractivity contribution is -0.121. The molecule has 1 aromatic rings. The number of anilines is 1. The molecular formula is C18H26N2O. The predicted octanol–water partition coefficient (Wildman–Crippen LogP) is 3.29. The maximum absolute atomic E-state index is 12.1. The molecule has 1 amide bonds. The Labute approximate surface area is 127 Å². The van der Waals surface area contributed by atoms with Crippen molar-refractivity contribution in [3.8, 4) is 0 Å². The number of hydrogen-bond donors (Lipinski definition) is 2. The summed E-state index contributed by atoms with van der Waals surface area (Å²) < 4.78 is 0. The number of para-hydroxylation sites is 1. The number of carbonyl (C=O) groups is 1. The van der Waals surface area contributed by atoms with Crippen molar-refractivity contribution in [2.24, 2.45) is 11.8 Å². The van der Waals surface area contributed by atoms with Crippen molar-refractivity contribution in [1.29, 1.82) is 0 Å². The predicted molar refractivity (Wildman–Crippen MR) is 85.8 cm³/mol. The van der Waals surface area contributed by atoms with Gasteiger partial charge in [-0.3, -0.25) is 4.79 Å². The van der Waals surface area contributed by atoms with Gasteiger partial charge in [-0.15, -0.1) is 0 Å². The van der Waals surface area contributed by atoms with Gasteiger partial charge in [0.15, 0.2) is 0 Å². The lowest BCUT2D eigenvalue weighted by Gasteiger charge is -2.21. The van der Waals surface area contributed by atoms with E-state index >= 15 is 0 Å². The highest BCUT2D eigenvalue weighted by Gasteiger charge is 2.43. The summed E-state index contributed by atoms with van der Waals surface area (Å²) in [6, 6.07) is 8.26. The number of benzene rings is 1. The van der Waals surface area contributed by atoms with Gasteiger partial charge >= 0.3 is 0 Å². The third-order valence-corrected chi connectivity index (χ3v) is 5.12. The molecule has 2 fully saturated rings. The second kappa shape index (κ2) is 6.50. The molecule has 0 aromatic heterocycles. The molecule has 0 bridgehead atoms. The smallest absolute Gasteiger partial charge is 0.220 e. The van der Waals surface area contributed by atoms with Crippen molar-refractivity contribution in [1.82, 2.24) is 5.32 Å². The van der Waals surface area contributed by atoms with E-state index in [9.17, 15) is 4.79 Å². The quantitative estimate of drug-likeness (QED) is 0.816. The Hall–Kier alpha value is -1.51. The highest BCUT2D eigenvalue weighted by atomic mass is 16.1. The van der Waals surface area contributed by atoms with E-state index in [0.29, 0.717) is 12.5 Å². The highest BCUT2D eigenvalue weighted by molar-refractivity contribution is 5.77. The van der Waals surface area contributed by atoms with Crippen molar-refractivity contribution in [3.63, 3.8) is 0 Å². The number of hydrogen-bond acceptors (Lipinski definition) is 2. The topological polar surface area (TPSA) is 55.1 Å². The molecule has 2 aliphatic carbocycles. The summed E-state index contributed by atoms with van der Waals surface area (Å²) >= 11 is 0. The van der Waals surface area contributed by atoms with E-state index in [4.69, 9.17) is 5.73 Å². The largest absolute Gasteiger partial charge is 0.399 e. The van der Waals surface area contributed by atoms with Crippen LogP contribution in [0.2, 0.25) is 0 Å². The third-order valence-electron chi connectivity index (χ3n) is 5.12. The van der Waals surface area contributed by atoms with E-state index in [-0.39, 0.29) is 5.91 Å². The van der Waals surface area contributed by atoms with Gasteiger partial charge in [0, 0.05) is 18.2 Å². The van der Waals surface area contributed by atoms with Crippen molar-refractivity contribution < 1.29 is 4.79 Å². The number of amides is 1. The molecule has 0 aliphatic heterocycles. The van der Waals surface area contributed by atoms with Crippen LogP contribution in [0.5, 0.6) is 0 Å². The van der Waals surface area contributed by atoms with E-state index in [2.05, 4.69) is 5.32 Å². The van der Waals surface area contributed by atoms with E-state index in [1.165, 1.54) is 38.5 Å². The standard InChI is InChI=1S/C18H26N2O/c19-16-9-5-4-8-14(16)10-11-18(21)20-17-12-15(17)13-6-2-1-3-7-13/h4-5,8-9,13,15,17H,1-3,6-7,10-12,19H2,(H,20,21). The number of rotatable bonds is 5. The first-order valence-corrected chi connectivity index (χ1v) is 8.37. The fraction of sp³-hybridized carbons (Fsp3) is 0.611. The van der Waals surface area contributed by atoms with Crippen LogP contribution >= 0.6 is 0 Å². The molecule has 3 heteroatoms. The van der Waals surface area contributed by atoms with Gasteiger partial charge in [0.1, 0.15) is 0 Å². The number of nitrogen functional groups attached to an aromatic ring is 1. The summed E-state index contributed by atoms with van der Waals surface area (Å²) in [6.45, 7) is 0. The molecular weight excluding hydrogens is 260 g/mol. The molecule has 3 N–H and O–H groups in total. The molecule has 0 heterocycles. The highest BCUT2D eigenvalue weighted by Crippen LogP contribution is 2.44. The van der Waals surface area contributed by atoms with Crippen LogP contribution in [0.25, 0.3) is 0 Å². The van der Waals surface area contributed by atoms with Crippen LogP contribution in [-0.4, -0.2) is 11.9 Å². The SMILES string of the molecule is Nc1ccccc1CCC(=O)NC1CC1C1CCCCC1. The zero-order chi connectivity index (χ0) is 14.7. The minimum atomic E-state index is 0.182. The molecule has 2 saturated carbocycles. The van der Waals surface area contributed by atoms with Crippen LogP contribution in [0.1, 0.15) is 50.5 Å². The first-order chi connectivity index (χ1) is 10.2. The zero-order valence-corrected chi connectivity index (χ0v) is 12.7. The molecule has 21 heavy (non-hydrogen) atoms. The molecule has 0 radical (unpaired) electrons. The zero-order valence-electron chi connectivity index (χ0n) is 12.7. The second-order valence-electron chi connectivity index (χ2n) is 6.67. The Morgan fingerprint density at radius 2 is 1.95 bits per heavy atom. The molecule has 0 saturated heterocycles. The molecule has 1 aromatic carbocycles. The van der Waals surface area contributed by atoms with E-state index < -0.39 is 0 Å². The van der Waals surface area contributed by atoms with Gasteiger partial charge in [-0.25, -0.2) is 0 Å². The summed E-state index contributed by atoms with van der Waals surface area (Å²) in [7, 11) is 0. The Morgan fingerprint density at radius 1 is 1.19 bits per heavy atom. The minimum absolute atomic E-state index is 0.182. The van der Waals surface area contributed by atoms with Crippen molar-refractivity contribution in [2.75, 3.05) is 5.73 Å². The van der Waals surface area contributed by atoms with Crippen LogP contribution in [0.4, 0.5) is 5.69 Å². The molecule has 114 valence electrons. The normalized spacial score (nSPS) is 25.5. The summed E-state index contributed by atoms with van der Waals surface area (Å²) in [6.07, 6.45) is 9.39. The lowest BCUT2D eigenvalue weighted by Crippen LogP contribution is -2.28. The van der Waals surface area contributed by atoms with Gasteiger partial charge in [0.25, 0.3) is 0 Å². The van der Waals surface area contributed by atoms with Gasteiger partial charge in [-0.05, 0) is 36.3 Å². The van der Waals surface area contributed by atoms with E-state index in [0.717, 1.165) is 29.5 Å². The number of aryl methyl sites for hydroxylation is 1. The Kier molecular flexibility index (Phi) is 4.47. The molecule has 3 nitrogen and oxygen atoms in total. The summed E-state index contributed by atoms with van der Waals surface area (Å²) in [5.74, 6) is 1.81. The second-order valence-corrected chi connectivity index (χ2v) is 6.67. The van der Waals surface area contributed by atoms with E-state index in [1.54, 1.807) is 0 Å². The average molecular weight is 286 g/mol. The van der Waals surface area contributed by atoms with Gasteiger partial charge in [-0.2, -0.15) is 0 Å². The Morgan fingerprint density at radius 3 is 2.71 bits per heavy atom. The summed E-state index contributed by atoms with van der Waals surface area (Å²) in [5, 5.41) is 3.21. The molecule has 2 aliphatic rings. The minimum Gasteiger partial charge on any atom is -0.399 e. The monoisotopic (exact) mass is 286 g/mol. The van der Waals surface area contributed by atoms with Gasteiger partial charge < -0.3 is 11.1 Å². The van der Waals surface area contributed by atoms with E-state index in [1.807, 2.05) is 24.3 Å². The number of nitrogens with two attached hydrogens (primary N) is 1. The van der Waals surface area contributed by atoms with Crippen LogP contribution < -0.4 is 11.1 Å². The van der Waals surface area contributed by atoms with Crippen molar-refractivity contribution in [3.05, 3.63) is 29.8 Å². The Balaban J connectivity index is 1.40. The number of carbonyl (C=O) groups excluding carboxylic acids is 1. The van der Waals surface area contributed by atoms with Gasteiger partial charge in [0.2, 0.25) is 5.91 Å². The maximum Gasteiger partial charge on any atom is 0.220 e. The third kappa shape index (κ3) is 3.78. The van der Waals surface area contributed by atoms with Crippen LogP contribution in [-0.2, 0) is 11.2 Å². The van der Waals surface area contributed by atoms with Crippen LogP contribution in [0.3, 0.4) is 0 Å². The average Bonchev–Trinajstić information content (AvgIpc) is 3.26. The first-order valence-electron chi connectivity index (χ1n) is 8.37. The fourth-order valence-electron chi connectivity index (χ4n) is 3.75. The maximum atomic E-state index is 12.1. The molecule has 2 unspecified atom stereocenters.